The molecule has 0 bridgehead atoms. The van der Waals surface area contributed by atoms with Crippen molar-refractivity contribution in [1.29, 1.82) is 0 Å². The summed E-state index contributed by atoms with van der Waals surface area (Å²) in [6.45, 7) is 0. The molecule has 1 aliphatic carbocycles. The molecule has 0 atom stereocenters. The molecule has 0 nitrogen and oxygen atoms in total. The summed E-state index contributed by atoms with van der Waals surface area (Å²) in [4.78, 5) is 0. The van der Waals surface area contributed by atoms with Gasteiger partial charge in [-0.25, -0.2) is 0 Å². The molecule has 1 aliphatic rings. The third-order valence-electron chi connectivity index (χ3n) is 1.94. The third kappa shape index (κ3) is 3.15. The molecule has 0 aliphatic heterocycles. The van der Waals surface area contributed by atoms with Crippen LogP contribution in [0, 0.1) is 0 Å². The second-order valence-corrected chi connectivity index (χ2v) is 9.38. The average Bonchev–Trinajstić information content (AvgIpc) is 2.29. The van der Waals surface area contributed by atoms with E-state index in [2.05, 4.69) is 48.6 Å². The summed E-state index contributed by atoms with van der Waals surface area (Å²) < 4.78 is 3.12. The average molecular weight is 314 g/mol. The van der Waals surface area contributed by atoms with Crippen LogP contribution in [0.15, 0.2) is 53.0 Å². The minimum atomic E-state index is 0.668. The Bertz CT molecular complexity index is 339. The number of benzene rings is 1. The Morgan fingerprint density at radius 3 is 2.50 bits per heavy atom. The Balaban J connectivity index is 1.88. The number of rotatable bonds is 3. The van der Waals surface area contributed by atoms with E-state index in [9.17, 15) is 0 Å². The molecular weight excluding hydrogens is 302 g/mol. The molecule has 14 heavy (non-hydrogen) atoms. The fourth-order valence-electron chi connectivity index (χ4n) is 1.22. The van der Waals surface area contributed by atoms with Crippen molar-refractivity contribution in [3.8, 4) is 0 Å². The molecule has 1 aromatic carbocycles. The van der Waals surface area contributed by atoms with Crippen molar-refractivity contribution >= 4 is 30.7 Å². The van der Waals surface area contributed by atoms with Gasteiger partial charge >= 0.3 is 96.6 Å². The molecule has 0 N–H and O–H groups in total. The minimum absolute atomic E-state index is 0.668. The van der Waals surface area contributed by atoms with E-state index in [0.29, 0.717) is 26.3 Å². The van der Waals surface area contributed by atoms with E-state index in [4.69, 9.17) is 0 Å². The first kappa shape index (κ1) is 10.3. The van der Waals surface area contributed by atoms with Crippen molar-refractivity contribution in [3.63, 3.8) is 0 Å². The van der Waals surface area contributed by atoms with E-state index in [1.54, 1.807) is 4.47 Å². The van der Waals surface area contributed by atoms with Gasteiger partial charge in [0, 0.05) is 0 Å². The van der Waals surface area contributed by atoms with Gasteiger partial charge in [-0.2, -0.15) is 0 Å². The number of hydrogen-bond donors (Lipinski definition) is 0. The molecule has 0 unspecified atom stereocenters. The molecule has 1 aromatic rings. The van der Waals surface area contributed by atoms with Gasteiger partial charge in [-0.3, -0.25) is 0 Å². The maximum atomic E-state index is 2.41. The molecule has 0 amide bonds. The second-order valence-electron chi connectivity index (χ2n) is 3.07. The second kappa shape index (κ2) is 5.58. The van der Waals surface area contributed by atoms with Crippen molar-refractivity contribution in [3.05, 3.63) is 53.0 Å². The Hall–Kier alpha value is -0.261. The molecule has 2 rings (SSSR count). The Morgan fingerprint density at radius 1 is 0.929 bits per heavy atom. The molecule has 0 heterocycles. The van der Waals surface area contributed by atoms with E-state index >= 15 is 0 Å². The summed E-state index contributed by atoms with van der Waals surface area (Å²) in [5.74, 6) is 0. The zero-order valence-corrected chi connectivity index (χ0v) is 11.3. The van der Waals surface area contributed by atoms with Gasteiger partial charge < -0.3 is 0 Å². The van der Waals surface area contributed by atoms with Crippen molar-refractivity contribution in [2.45, 2.75) is 12.8 Å². The normalized spacial score (nSPS) is 15.3. The first-order valence-electron chi connectivity index (χ1n) is 4.71. The van der Waals surface area contributed by atoms with Crippen molar-refractivity contribution in [2.24, 2.45) is 0 Å². The van der Waals surface area contributed by atoms with Gasteiger partial charge in [-0.1, -0.05) is 0 Å². The SMILES string of the molecule is C1=CC([Se][Se]c2ccccc2)=CCC1. The first-order chi connectivity index (χ1) is 6.95. The van der Waals surface area contributed by atoms with Gasteiger partial charge in [0.2, 0.25) is 0 Å². The standard InChI is InChI=1S/C12H12Se2/c1-3-7-11(8-4-1)13-14-12-9-5-2-6-10-12/h1,3-5,7-10H,2,6H2. The van der Waals surface area contributed by atoms with Crippen LogP contribution >= 0.6 is 0 Å². The van der Waals surface area contributed by atoms with Crippen LogP contribution in [0.2, 0.25) is 0 Å². The Morgan fingerprint density at radius 2 is 1.79 bits per heavy atom. The number of hydrogen-bond acceptors (Lipinski definition) is 0. The zero-order chi connectivity index (χ0) is 9.64. The van der Waals surface area contributed by atoms with Crippen LogP contribution < -0.4 is 4.46 Å². The summed E-state index contributed by atoms with van der Waals surface area (Å²) in [7, 11) is 0. The molecular formula is C12H12Se2. The van der Waals surface area contributed by atoms with Gasteiger partial charge in [-0.15, -0.1) is 0 Å². The van der Waals surface area contributed by atoms with Crippen LogP contribution in [0.25, 0.3) is 0 Å². The van der Waals surface area contributed by atoms with Crippen LogP contribution in [0.3, 0.4) is 0 Å². The van der Waals surface area contributed by atoms with Crippen molar-refractivity contribution in [1.82, 2.24) is 0 Å². The summed E-state index contributed by atoms with van der Waals surface area (Å²) in [5.41, 5.74) is 0. The summed E-state index contributed by atoms with van der Waals surface area (Å²) in [6, 6.07) is 10.9. The van der Waals surface area contributed by atoms with E-state index in [1.165, 1.54) is 17.3 Å². The third-order valence-corrected chi connectivity index (χ3v) is 9.23. The fourth-order valence-corrected chi connectivity index (χ4v) is 7.56. The summed E-state index contributed by atoms with van der Waals surface area (Å²) in [5, 5.41) is 0. The van der Waals surface area contributed by atoms with Gasteiger partial charge in [0.15, 0.2) is 0 Å². The summed E-state index contributed by atoms with van der Waals surface area (Å²) in [6.07, 6.45) is 9.51. The molecule has 0 saturated carbocycles. The molecule has 0 fully saturated rings. The first-order valence-corrected chi connectivity index (χ1v) is 10.8. The number of allylic oxidation sites excluding steroid dienone is 4. The maximum absolute atomic E-state index is 2.41. The van der Waals surface area contributed by atoms with Gasteiger partial charge in [0.1, 0.15) is 0 Å². The van der Waals surface area contributed by atoms with Gasteiger partial charge in [0.05, 0.1) is 0 Å². The van der Waals surface area contributed by atoms with Crippen LogP contribution in [-0.4, -0.2) is 26.3 Å². The monoisotopic (exact) mass is 316 g/mol. The topological polar surface area (TPSA) is 0 Å². The Labute approximate surface area is 96.3 Å². The molecule has 0 saturated heterocycles. The fraction of sp³-hybridized carbons (Fsp3) is 0.167. The Kier molecular flexibility index (Phi) is 4.09. The molecule has 0 radical (unpaired) electrons. The van der Waals surface area contributed by atoms with E-state index in [-0.39, 0.29) is 0 Å². The van der Waals surface area contributed by atoms with Crippen molar-refractivity contribution in [2.75, 3.05) is 0 Å². The van der Waals surface area contributed by atoms with Crippen LogP contribution in [0.5, 0.6) is 0 Å². The van der Waals surface area contributed by atoms with E-state index in [0.717, 1.165) is 0 Å². The molecule has 72 valence electrons. The molecule has 0 aromatic heterocycles. The van der Waals surface area contributed by atoms with Crippen LogP contribution in [0.4, 0.5) is 0 Å². The van der Waals surface area contributed by atoms with Crippen LogP contribution in [0.1, 0.15) is 12.8 Å². The van der Waals surface area contributed by atoms with Crippen molar-refractivity contribution < 1.29 is 0 Å². The van der Waals surface area contributed by atoms with Crippen LogP contribution in [-0.2, 0) is 0 Å². The van der Waals surface area contributed by atoms with E-state index in [1.807, 2.05) is 0 Å². The van der Waals surface area contributed by atoms with Gasteiger partial charge in [0.25, 0.3) is 0 Å². The van der Waals surface area contributed by atoms with Gasteiger partial charge in [-0.05, 0) is 0 Å². The predicted octanol–water partition coefficient (Wildman–Crippen LogP) is 1.87. The quantitative estimate of drug-likeness (QED) is 0.747. The molecule has 0 spiro atoms. The molecule has 2 heteroatoms. The predicted molar refractivity (Wildman–Crippen MR) is 64.0 cm³/mol. The van der Waals surface area contributed by atoms with E-state index < -0.39 is 0 Å². The summed E-state index contributed by atoms with van der Waals surface area (Å²) >= 11 is 1.35. The zero-order valence-electron chi connectivity index (χ0n) is 7.85.